The van der Waals surface area contributed by atoms with Gasteiger partial charge < -0.3 is 19.9 Å². The molecule has 3 aromatic rings. The van der Waals surface area contributed by atoms with E-state index in [2.05, 4.69) is 76.6 Å². The van der Waals surface area contributed by atoms with Gasteiger partial charge in [-0.3, -0.25) is 5.43 Å². The van der Waals surface area contributed by atoms with Crippen molar-refractivity contribution in [3.05, 3.63) is 47.3 Å². The minimum Gasteiger partial charge on any atom is -0.476 e. The molecule has 0 aliphatic carbocycles. The van der Waals surface area contributed by atoms with Gasteiger partial charge >= 0.3 is 0 Å². The fourth-order valence-electron chi connectivity index (χ4n) is 3.71. The molecule has 0 saturated heterocycles. The van der Waals surface area contributed by atoms with Gasteiger partial charge in [0.2, 0.25) is 5.88 Å². The number of H-pyrrole nitrogens is 1. The van der Waals surface area contributed by atoms with Crippen LogP contribution in [-0.2, 0) is 0 Å². The van der Waals surface area contributed by atoms with Crippen molar-refractivity contribution in [3.63, 3.8) is 0 Å². The van der Waals surface area contributed by atoms with Crippen LogP contribution in [0.1, 0.15) is 43.6 Å². The van der Waals surface area contributed by atoms with Crippen molar-refractivity contribution in [1.29, 1.82) is 0 Å². The first-order chi connectivity index (χ1) is 15.5. The molecule has 3 rings (SSSR count). The van der Waals surface area contributed by atoms with Crippen LogP contribution in [0.4, 0.5) is 11.4 Å². The van der Waals surface area contributed by atoms with Crippen molar-refractivity contribution < 1.29 is 4.74 Å². The molecular weight excluding hydrogens is 400 g/mol. The molecule has 0 aliphatic heterocycles. The van der Waals surface area contributed by atoms with Crippen LogP contribution in [-0.4, -0.2) is 49.5 Å². The molecule has 7 heteroatoms. The molecule has 0 spiro atoms. The summed E-state index contributed by atoms with van der Waals surface area (Å²) >= 11 is 0. The number of hydrazone groups is 1. The summed E-state index contributed by atoms with van der Waals surface area (Å²) in [5.74, 6) is 0.622. The van der Waals surface area contributed by atoms with Crippen molar-refractivity contribution in [3.8, 4) is 5.88 Å². The third kappa shape index (κ3) is 6.01. The average molecular weight is 437 g/mol. The predicted molar refractivity (Wildman–Crippen MR) is 135 cm³/mol. The maximum absolute atomic E-state index is 5.88. The van der Waals surface area contributed by atoms with Crippen LogP contribution < -0.4 is 20.4 Å². The number of hydrogen-bond donors (Lipinski definition) is 3. The second-order valence-electron chi connectivity index (χ2n) is 8.03. The van der Waals surface area contributed by atoms with E-state index in [1.807, 2.05) is 19.2 Å². The van der Waals surface area contributed by atoms with E-state index in [1.165, 1.54) is 16.6 Å². The van der Waals surface area contributed by atoms with E-state index in [1.54, 1.807) is 6.21 Å². The first-order valence-corrected chi connectivity index (χ1v) is 11.5. The van der Waals surface area contributed by atoms with Crippen LogP contribution in [0.2, 0.25) is 0 Å². The number of aryl methyl sites for hydroxylation is 2. The summed E-state index contributed by atoms with van der Waals surface area (Å²) in [4.78, 5) is 10.4. The van der Waals surface area contributed by atoms with Crippen LogP contribution >= 0.6 is 0 Å². The Hall–Kier alpha value is -3.06. The fraction of sp³-hybridized carbons (Fsp3) is 0.440. The number of pyridine rings is 1. The fourth-order valence-corrected chi connectivity index (χ4v) is 3.71. The number of hydrogen-bond acceptors (Lipinski definition) is 6. The summed E-state index contributed by atoms with van der Waals surface area (Å²) in [5, 5.41) is 8.76. The van der Waals surface area contributed by atoms with Crippen molar-refractivity contribution >= 4 is 28.5 Å². The lowest BCUT2D eigenvalue weighted by molar-refractivity contribution is 0.306. The zero-order chi connectivity index (χ0) is 22.9. The molecule has 32 heavy (non-hydrogen) atoms. The van der Waals surface area contributed by atoms with Gasteiger partial charge in [-0.15, -0.1) is 0 Å². The molecule has 2 aromatic heterocycles. The van der Waals surface area contributed by atoms with Gasteiger partial charge in [-0.2, -0.15) is 5.10 Å². The Morgan fingerprint density at radius 2 is 1.91 bits per heavy atom. The Balaban J connectivity index is 1.81. The molecule has 0 amide bonds. The summed E-state index contributed by atoms with van der Waals surface area (Å²) in [7, 11) is 1.91. The second kappa shape index (κ2) is 11.5. The summed E-state index contributed by atoms with van der Waals surface area (Å²) in [5.41, 5.74) is 9.56. The number of ether oxygens (including phenoxy) is 1. The highest BCUT2D eigenvalue weighted by Crippen LogP contribution is 2.25. The van der Waals surface area contributed by atoms with Gasteiger partial charge in [-0.05, 0) is 63.6 Å². The molecule has 0 aliphatic rings. The Bertz CT molecular complexity index is 1040. The first kappa shape index (κ1) is 23.6. The lowest BCUT2D eigenvalue weighted by atomic mass is 10.1. The van der Waals surface area contributed by atoms with Crippen molar-refractivity contribution in [2.24, 2.45) is 5.10 Å². The van der Waals surface area contributed by atoms with Gasteiger partial charge in [0.25, 0.3) is 0 Å². The number of aromatic nitrogens is 2. The topological polar surface area (TPSA) is 77.6 Å². The molecule has 0 radical (unpaired) electrons. The molecule has 0 atom stereocenters. The predicted octanol–water partition coefficient (Wildman–Crippen LogP) is 4.85. The highest BCUT2D eigenvalue weighted by atomic mass is 16.5. The summed E-state index contributed by atoms with van der Waals surface area (Å²) in [6, 6.07) is 10.3. The van der Waals surface area contributed by atoms with Crippen LogP contribution in [0.15, 0.2) is 35.4 Å². The van der Waals surface area contributed by atoms with Crippen LogP contribution in [0.5, 0.6) is 5.88 Å². The molecular formula is C25H36N6O. The monoisotopic (exact) mass is 436 g/mol. The van der Waals surface area contributed by atoms with E-state index in [0.717, 1.165) is 55.1 Å². The maximum atomic E-state index is 5.88. The van der Waals surface area contributed by atoms with Crippen LogP contribution in [0, 0.1) is 13.8 Å². The smallest absolute Gasteiger partial charge is 0.215 e. The van der Waals surface area contributed by atoms with E-state index >= 15 is 0 Å². The number of anilines is 2. The number of nitrogens with one attached hydrogen (secondary N) is 3. The van der Waals surface area contributed by atoms with Gasteiger partial charge in [0.15, 0.2) is 0 Å². The highest BCUT2D eigenvalue weighted by Gasteiger charge is 2.10. The van der Waals surface area contributed by atoms with Crippen molar-refractivity contribution in [2.45, 2.75) is 40.5 Å². The number of rotatable bonds is 12. The zero-order valence-corrected chi connectivity index (χ0v) is 20.0. The third-order valence-corrected chi connectivity index (χ3v) is 5.46. The quantitative estimate of drug-likeness (QED) is 0.215. The second-order valence-corrected chi connectivity index (χ2v) is 8.03. The van der Waals surface area contributed by atoms with Crippen molar-refractivity contribution in [1.82, 2.24) is 15.3 Å². The van der Waals surface area contributed by atoms with Crippen LogP contribution in [0.3, 0.4) is 0 Å². The minimum atomic E-state index is 0.568. The Morgan fingerprint density at radius 1 is 1.12 bits per heavy atom. The first-order valence-electron chi connectivity index (χ1n) is 11.5. The summed E-state index contributed by atoms with van der Waals surface area (Å²) in [6.07, 6.45) is 3.93. The van der Waals surface area contributed by atoms with Crippen molar-refractivity contribution in [2.75, 3.05) is 43.6 Å². The lowest BCUT2D eigenvalue weighted by Gasteiger charge is -2.24. The number of nitrogens with zero attached hydrogens (tertiary/aromatic N) is 3. The molecule has 0 saturated carbocycles. The number of likely N-dealkylation sites (N-methyl/N-ethyl adjacent to an activating group) is 1. The number of benzene rings is 1. The Labute approximate surface area is 191 Å². The van der Waals surface area contributed by atoms with Gasteiger partial charge in [0.1, 0.15) is 6.61 Å². The van der Waals surface area contributed by atoms with Crippen LogP contribution in [0.25, 0.3) is 10.9 Å². The third-order valence-electron chi connectivity index (χ3n) is 5.46. The van der Waals surface area contributed by atoms with Gasteiger partial charge in [0.05, 0.1) is 17.6 Å². The Kier molecular flexibility index (Phi) is 8.50. The van der Waals surface area contributed by atoms with Gasteiger partial charge in [-0.1, -0.05) is 13.8 Å². The number of aromatic amines is 1. The molecule has 2 heterocycles. The zero-order valence-electron chi connectivity index (χ0n) is 20.0. The number of fused-ring (bicyclic) bond motifs is 1. The lowest BCUT2D eigenvalue weighted by Crippen LogP contribution is -2.25. The molecule has 7 nitrogen and oxygen atoms in total. The molecule has 1 aromatic carbocycles. The summed E-state index contributed by atoms with van der Waals surface area (Å²) in [6.45, 7) is 12.0. The molecule has 172 valence electrons. The largest absolute Gasteiger partial charge is 0.476 e. The maximum Gasteiger partial charge on any atom is 0.215 e. The van der Waals surface area contributed by atoms with E-state index in [4.69, 9.17) is 4.74 Å². The minimum absolute atomic E-state index is 0.568. The van der Waals surface area contributed by atoms with E-state index < -0.39 is 0 Å². The SMILES string of the molecule is CCCN(CCC)c1cc(/C=N/Nc2ccc3[nH]c(C)c(C)c3c2)nc(OCCNC)c1. The van der Waals surface area contributed by atoms with Gasteiger partial charge in [0, 0.05) is 48.0 Å². The molecule has 3 N–H and O–H groups in total. The highest BCUT2D eigenvalue weighted by molar-refractivity contribution is 5.87. The van der Waals surface area contributed by atoms with E-state index in [-0.39, 0.29) is 0 Å². The van der Waals surface area contributed by atoms with E-state index in [9.17, 15) is 0 Å². The molecule has 0 bridgehead atoms. The normalized spacial score (nSPS) is 11.4. The van der Waals surface area contributed by atoms with Gasteiger partial charge in [-0.25, -0.2) is 4.98 Å². The Morgan fingerprint density at radius 3 is 2.62 bits per heavy atom. The van der Waals surface area contributed by atoms with E-state index in [0.29, 0.717) is 12.5 Å². The molecule has 0 fully saturated rings. The average Bonchev–Trinajstić information content (AvgIpc) is 3.07. The standard InChI is InChI=1S/C25H36N6O/c1-6-11-31(12-7-2)22-14-21(29-25(16-22)32-13-10-26-5)17-27-30-20-8-9-24-23(15-20)18(3)19(4)28-24/h8-9,14-17,26,28,30H,6-7,10-13H2,1-5H3/b27-17+. The molecule has 0 unspecified atom stereocenters. The summed E-state index contributed by atoms with van der Waals surface area (Å²) < 4.78 is 5.88.